The molecule has 2 aromatic carbocycles. The zero-order chi connectivity index (χ0) is 22.5. The molecule has 0 bridgehead atoms. The lowest BCUT2D eigenvalue weighted by atomic mass is 10.1. The zero-order valence-corrected chi connectivity index (χ0v) is 18.6. The van der Waals surface area contributed by atoms with Crippen molar-refractivity contribution in [3.8, 4) is 0 Å². The van der Waals surface area contributed by atoms with Crippen LogP contribution >= 0.6 is 0 Å². The number of hydrogen-bond donors (Lipinski definition) is 0. The SMILES string of the molecule is Fc1cc(C=Cc2ccc(N3CCN(C4=NCCCO4)CC3)cc2)cc(Cn2ccnc2)c1. The van der Waals surface area contributed by atoms with Crippen LogP contribution in [-0.4, -0.2) is 59.8 Å². The van der Waals surface area contributed by atoms with Crippen molar-refractivity contribution >= 4 is 23.9 Å². The van der Waals surface area contributed by atoms with Gasteiger partial charge in [-0.1, -0.05) is 24.3 Å². The van der Waals surface area contributed by atoms with Crippen LogP contribution in [0.15, 0.2) is 66.2 Å². The Labute approximate surface area is 193 Å². The number of imidazole rings is 1. The second kappa shape index (κ2) is 9.90. The first-order valence-electron chi connectivity index (χ1n) is 11.4. The monoisotopic (exact) mass is 445 g/mol. The lowest BCUT2D eigenvalue weighted by Gasteiger charge is -2.37. The fourth-order valence-corrected chi connectivity index (χ4v) is 4.24. The highest BCUT2D eigenvalue weighted by atomic mass is 19.1. The molecule has 2 aliphatic heterocycles. The first-order valence-corrected chi connectivity index (χ1v) is 11.4. The number of rotatable bonds is 5. The summed E-state index contributed by atoms with van der Waals surface area (Å²) in [6, 6.07) is 14.5. The molecule has 0 radical (unpaired) electrons. The van der Waals surface area contributed by atoms with Crippen molar-refractivity contribution in [2.75, 3.05) is 44.2 Å². The number of aromatic nitrogens is 2. The van der Waals surface area contributed by atoms with E-state index in [1.165, 1.54) is 5.69 Å². The van der Waals surface area contributed by atoms with E-state index in [0.29, 0.717) is 6.54 Å². The maximum Gasteiger partial charge on any atom is 0.287 e. The number of aliphatic imine (C=N–C) groups is 1. The molecule has 0 amide bonds. The number of anilines is 1. The van der Waals surface area contributed by atoms with Gasteiger partial charge in [0, 0.05) is 63.8 Å². The minimum atomic E-state index is -0.230. The Bertz CT molecular complexity index is 1120. The highest BCUT2D eigenvalue weighted by Gasteiger charge is 2.22. The molecule has 1 aromatic heterocycles. The predicted octanol–water partition coefficient (Wildman–Crippen LogP) is 4.14. The average Bonchev–Trinajstić information content (AvgIpc) is 3.36. The fourth-order valence-electron chi connectivity index (χ4n) is 4.24. The van der Waals surface area contributed by atoms with Crippen molar-refractivity contribution in [1.29, 1.82) is 0 Å². The maximum absolute atomic E-state index is 14.1. The number of nitrogens with zero attached hydrogens (tertiary/aromatic N) is 5. The summed E-state index contributed by atoms with van der Waals surface area (Å²) < 4.78 is 21.7. The summed E-state index contributed by atoms with van der Waals surface area (Å²) in [6.07, 6.45) is 10.3. The highest BCUT2D eigenvalue weighted by Crippen LogP contribution is 2.20. The summed E-state index contributed by atoms with van der Waals surface area (Å²) in [5, 5.41) is 0. The quantitative estimate of drug-likeness (QED) is 0.554. The molecular weight excluding hydrogens is 417 g/mol. The Morgan fingerprint density at radius 2 is 1.73 bits per heavy atom. The van der Waals surface area contributed by atoms with Crippen LogP contribution in [-0.2, 0) is 11.3 Å². The molecule has 0 spiro atoms. The van der Waals surface area contributed by atoms with Gasteiger partial charge in [-0.3, -0.25) is 0 Å². The van der Waals surface area contributed by atoms with Gasteiger partial charge in [0.1, 0.15) is 5.82 Å². The highest BCUT2D eigenvalue weighted by molar-refractivity contribution is 5.75. The van der Waals surface area contributed by atoms with Crippen molar-refractivity contribution in [1.82, 2.24) is 14.5 Å². The van der Waals surface area contributed by atoms with Crippen LogP contribution in [0, 0.1) is 5.82 Å². The van der Waals surface area contributed by atoms with E-state index in [1.807, 2.05) is 29.0 Å². The molecule has 1 saturated heterocycles. The van der Waals surface area contributed by atoms with Gasteiger partial charge in [-0.15, -0.1) is 0 Å². The molecule has 6 nitrogen and oxygen atoms in total. The van der Waals surface area contributed by atoms with Crippen molar-refractivity contribution in [3.05, 3.63) is 83.7 Å². The summed E-state index contributed by atoms with van der Waals surface area (Å²) in [6.45, 7) is 5.96. The Balaban J connectivity index is 1.20. The minimum absolute atomic E-state index is 0.230. The molecule has 5 rings (SSSR count). The Morgan fingerprint density at radius 1 is 0.939 bits per heavy atom. The third kappa shape index (κ3) is 5.42. The van der Waals surface area contributed by atoms with E-state index in [0.717, 1.165) is 68.5 Å². The van der Waals surface area contributed by atoms with Crippen LogP contribution in [0.25, 0.3) is 12.2 Å². The third-order valence-electron chi connectivity index (χ3n) is 5.96. The van der Waals surface area contributed by atoms with Gasteiger partial charge in [0.2, 0.25) is 0 Å². The summed E-state index contributed by atoms with van der Waals surface area (Å²) in [4.78, 5) is 13.2. The fraction of sp³-hybridized carbons (Fsp3) is 0.308. The molecule has 0 atom stereocenters. The standard InChI is InChI=1S/C26H28FN5O/c27-24-17-22(16-23(18-24)19-30-10-9-28-20-30)3-2-21-4-6-25(7-5-21)31-11-13-32(14-12-31)26-29-8-1-15-33-26/h2-7,9-10,16-18,20H,1,8,11-15,19H2. The van der Waals surface area contributed by atoms with Gasteiger partial charge < -0.3 is 19.1 Å². The van der Waals surface area contributed by atoms with Gasteiger partial charge in [-0.05, 0) is 47.0 Å². The number of amidine groups is 1. The van der Waals surface area contributed by atoms with Gasteiger partial charge in [-0.2, -0.15) is 0 Å². The molecule has 0 unspecified atom stereocenters. The first-order chi connectivity index (χ1) is 16.2. The van der Waals surface area contributed by atoms with E-state index >= 15 is 0 Å². The number of hydrogen-bond acceptors (Lipinski definition) is 5. The Morgan fingerprint density at radius 3 is 2.45 bits per heavy atom. The van der Waals surface area contributed by atoms with E-state index < -0.39 is 0 Å². The lowest BCUT2D eigenvalue weighted by Crippen LogP contribution is -2.50. The number of ether oxygens (including phenoxy) is 1. The van der Waals surface area contributed by atoms with Gasteiger partial charge in [-0.25, -0.2) is 14.4 Å². The first kappa shape index (κ1) is 21.2. The molecule has 0 N–H and O–H groups in total. The third-order valence-corrected chi connectivity index (χ3v) is 5.96. The number of halogens is 1. The normalized spacial score (nSPS) is 16.7. The van der Waals surface area contributed by atoms with E-state index in [2.05, 4.69) is 44.0 Å². The summed E-state index contributed by atoms with van der Waals surface area (Å²) in [5.41, 5.74) is 4.05. The molecular formula is C26H28FN5O. The molecule has 170 valence electrons. The molecule has 3 aromatic rings. The summed E-state index contributed by atoms with van der Waals surface area (Å²) >= 11 is 0. The zero-order valence-electron chi connectivity index (χ0n) is 18.6. The largest absolute Gasteiger partial charge is 0.465 e. The van der Waals surface area contributed by atoms with Crippen LogP contribution in [0.5, 0.6) is 0 Å². The van der Waals surface area contributed by atoms with Gasteiger partial charge in [0.25, 0.3) is 6.02 Å². The predicted molar refractivity (Wildman–Crippen MR) is 130 cm³/mol. The molecule has 33 heavy (non-hydrogen) atoms. The molecule has 1 fully saturated rings. The van der Waals surface area contributed by atoms with E-state index in [9.17, 15) is 4.39 Å². The second-order valence-corrected chi connectivity index (χ2v) is 8.39. The van der Waals surface area contributed by atoms with E-state index in [-0.39, 0.29) is 5.82 Å². The van der Waals surface area contributed by atoms with Crippen molar-refractivity contribution in [3.63, 3.8) is 0 Å². The van der Waals surface area contributed by atoms with Gasteiger partial charge >= 0.3 is 0 Å². The van der Waals surface area contributed by atoms with Crippen molar-refractivity contribution < 1.29 is 9.13 Å². The van der Waals surface area contributed by atoms with E-state index in [4.69, 9.17) is 4.74 Å². The van der Waals surface area contributed by atoms with Crippen LogP contribution in [0.3, 0.4) is 0 Å². The molecule has 0 aliphatic carbocycles. The van der Waals surface area contributed by atoms with Gasteiger partial charge in [0.15, 0.2) is 0 Å². The molecule has 0 saturated carbocycles. The second-order valence-electron chi connectivity index (χ2n) is 8.39. The molecule has 7 heteroatoms. The van der Waals surface area contributed by atoms with E-state index in [1.54, 1.807) is 24.7 Å². The molecule has 3 heterocycles. The Kier molecular flexibility index (Phi) is 6.37. The van der Waals surface area contributed by atoms with Crippen LogP contribution in [0.4, 0.5) is 10.1 Å². The van der Waals surface area contributed by atoms with Crippen molar-refractivity contribution in [2.24, 2.45) is 4.99 Å². The topological polar surface area (TPSA) is 45.9 Å². The Hall–Kier alpha value is -3.61. The number of benzene rings is 2. The summed E-state index contributed by atoms with van der Waals surface area (Å²) in [7, 11) is 0. The maximum atomic E-state index is 14.1. The van der Waals surface area contributed by atoms with Gasteiger partial charge in [0.05, 0.1) is 12.9 Å². The summed E-state index contributed by atoms with van der Waals surface area (Å²) in [5.74, 6) is -0.230. The van der Waals surface area contributed by atoms with Crippen LogP contribution in [0.1, 0.15) is 23.1 Å². The average molecular weight is 446 g/mol. The van der Waals surface area contributed by atoms with Crippen LogP contribution < -0.4 is 4.90 Å². The lowest BCUT2D eigenvalue weighted by molar-refractivity contribution is 0.207. The minimum Gasteiger partial charge on any atom is -0.465 e. The number of piperazine rings is 1. The molecule has 2 aliphatic rings. The van der Waals surface area contributed by atoms with Crippen molar-refractivity contribution in [2.45, 2.75) is 13.0 Å². The smallest absolute Gasteiger partial charge is 0.287 e. The van der Waals surface area contributed by atoms with Crippen LogP contribution in [0.2, 0.25) is 0 Å².